The Bertz CT molecular complexity index is 1720. The fourth-order valence-corrected chi connectivity index (χ4v) is 13.0. The average Bonchev–Trinajstić information content (AvgIpc) is 0.814. The molecular formula is C83H155NO10. The van der Waals surface area contributed by atoms with Crippen LogP contribution in [0.5, 0.6) is 0 Å². The van der Waals surface area contributed by atoms with E-state index in [9.17, 15) is 35.1 Å². The van der Waals surface area contributed by atoms with Crippen LogP contribution in [0.1, 0.15) is 406 Å². The molecule has 6 N–H and O–H groups in total. The maximum Gasteiger partial charge on any atom is 0.306 e. The molecular weight excluding hydrogens is 1170 g/mol. The molecule has 8 atom stereocenters. The van der Waals surface area contributed by atoms with Crippen molar-refractivity contribution in [2.45, 2.75) is 455 Å². The lowest BCUT2D eigenvalue weighted by molar-refractivity contribution is -0.305. The standard InChI is InChI=1S/C83H155NO10/c1-4-7-10-13-16-19-22-25-27-29-31-33-35-37-39-41-43-45-47-49-51-53-56-59-62-65-68-71-78(88)94-81-80(90)79(89)77(72-85)93-83(81)92-73-74(75(86)69-66-63-60-57-54-24-21-18-15-12-9-6-3)84-82(91)76(87)70-67-64-61-58-55-52-50-48-46-44-42-40-38-36-34-32-30-28-26-23-20-17-14-11-8-5-2/h16,19,25-28,66,69,74-77,79-81,83,85-87,89-90H,4-15,17-18,20-24,29-65,67-68,70-73H2,1-3H3,(H,84,91)/b19-16-,27-25-,28-26+,69-66+. The topological polar surface area (TPSA) is 175 Å². The van der Waals surface area contributed by atoms with Crippen molar-refractivity contribution in [2.24, 2.45) is 0 Å². The number of unbranched alkanes of at least 4 members (excludes halogenated alkanes) is 52. The number of rotatable bonds is 72. The Hall–Kier alpha value is -2.38. The summed E-state index contributed by atoms with van der Waals surface area (Å²) in [5, 5.41) is 57.5. The van der Waals surface area contributed by atoms with Crippen molar-refractivity contribution in [2.75, 3.05) is 13.2 Å². The third-order valence-corrected chi connectivity index (χ3v) is 19.5. The van der Waals surface area contributed by atoms with Crippen LogP contribution >= 0.6 is 0 Å². The van der Waals surface area contributed by atoms with Crippen molar-refractivity contribution in [3.8, 4) is 0 Å². The molecule has 1 rings (SSSR count). The molecule has 1 amide bonds. The summed E-state index contributed by atoms with van der Waals surface area (Å²) in [5.74, 6) is -1.17. The normalized spacial score (nSPS) is 18.0. The van der Waals surface area contributed by atoms with Crippen LogP contribution < -0.4 is 5.32 Å². The Morgan fingerprint density at radius 1 is 0.415 bits per heavy atom. The number of nitrogens with one attached hydrogen (secondary N) is 1. The monoisotopic (exact) mass is 1330 g/mol. The number of esters is 1. The van der Waals surface area contributed by atoms with E-state index < -0.39 is 67.4 Å². The summed E-state index contributed by atoms with van der Waals surface area (Å²) in [6.07, 6.45) is 80.3. The second-order valence-corrected chi connectivity index (χ2v) is 28.5. The highest BCUT2D eigenvalue weighted by Crippen LogP contribution is 2.27. The molecule has 0 aromatic heterocycles. The number of carbonyl (C=O) groups is 2. The van der Waals surface area contributed by atoms with E-state index in [4.69, 9.17) is 14.2 Å². The molecule has 11 heteroatoms. The lowest BCUT2D eigenvalue weighted by Gasteiger charge is -2.41. The zero-order chi connectivity index (χ0) is 68.1. The van der Waals surface area contributed by atoms with Gasteiger partial charge in [0.1, 0.15) is 24.4 Å². The fraction of sp³-hybridized carbons (Fsp3) is 0.880. The number of hydrogen-bond acceptors (Lipinski definition) is 10. The first-order valence-corrected chi connectivity index (χ1v) is 40.9. The van der Waals surface area contributed by atoms with Crippen LogP contribution in [0.4, 0.5) is 0 Å². The van der Waals surface area contributed by atoms with Crippen LogP contribution in [0.3, 0.4) is 0 Å². The number of aliphatic hydroxyl groups excluding tert-OH is 5. The molecule has 1 aliphatic rings. The van der Waals surface area contributed by atoms with Crippen molar-refractivity contribution >= 4 is 11.9 Å². The van der Waals surface area contributed by atoms with Crippen LogP contribution in [-0.2, 0) is 23.8 Å². The summed E-state index contributed by atoms with van der Waals surface area (Å²) < 4.78 is 17.8. The van der Waals surface area contributed by atoms with Gasteiger partial charge in [-0.05, 0) is 83.5 Å². The second kappa shape index (κ2) is 70.5. The minimum Gasteiger partial charge on any atom is -0.454 e. The molecule has 0 aliphatic carbocycles. The highest BCUT2D eigenvalue weighted by Gasteiger charge is 2.47. The zero-order valence-electron chi connectivity index (χ0n) is 61.9. The van der Waals surface area contributed by atoms with Crippen LogP contribution in [0.25, 0.3) is 0 Å². The lowest BCUT2D eigenvalue weighted by Crippen LogP contribution is -2.61. The summed E-state index contributed by atoms with van der Waals surface area (Å²) in [4.78, 5) is 26.8. The summed E-state index contributed by atoms with van der Waals surface area (Å²) in [6, 6.07) is -1.02. The Morgan fingerprint density at radius 3 is 1.12 bits per heavy atom. The molecule has 1 fully saturated rings. The molecule has 8 unspecified atom stereocenters. The maximum atomic E-state index is 13.5. The van der Waals surface area contributed by atoms with E-state index in [2.05, 4.69) is 62.5 Å². The van der Waals surface area contributed by atoms with E-state index in [-0.39, 0.29) is 13.0 Å². The molecule has 94 heavy (non-hydrogen) atoms. The first-order chi connectivity index (χ1) is 46.2. The highest BCUT2D eigenvalue weighted by molar-refractivity contribution is 5.80. The van der Waals surface area contributed by atoms with E-state index in [1.54, 1.807) is 6.08 Å². The van der Waals surface area contributed by atoms with E-state index in [0.29, 0.717) is 19.3 Å². The van der Waals surface area contributed by atoms with Crippen molar-refractivity contribution in [1.29, 1.82) is 0 Å². The average molecular weight is 1330 g/mol. The van der Waals surface area contributed by atoms with Crippen molar-refractivity contribution < 1.29 is 49.3 Å². The van der Waals surface area contributed by atoms with Crippen molar-refractivity contribution in [3.05, 3.63) is 48.6 Å². The second-order valence-electron chi connectivity index (χ2n) is 28.5. The Kier molecular flexibility index (Phi) is 67.2. The summed E-state index contributed by atoms with van der Waals surface area (Å²) in [5.41, 5.74) is 0. The molecule has 0 saturated carbocycles. The molecule has 1 heterocycles. The van der Waals surface area contributed by atoms with Crippen LogP contribution in [-0.4, -0.2) is 99.6 Å². The third-order valence-electron chi connectivity index (χ3n) is 19.5. The zero-order valence-corrected chi connectivity index (χ0v) is 61.9. The molecule has 0 spiro atoms. The summed E-state index contributed by atoms with van der Waals surface area (Å²) >= 11 is 0. The molecule has 0 radical (unpaired) electrons. The quantitative estimate of drug-likeness (QED) is 0.0195. The largest absolute Gasteiger partial charge is 0.454 e. The van der Waals surface area contributed by atoms with E-state index >= 15 is 0 Å². The predicted molar refractivity (Wildman–Crippen MR) is 398 cm³/mol. The van der Waals surface area contributed by atoms with Gasteiger partial charge in [0.15, 0.2) is 12.4 Å². The predicted octanol–water partition coefficient (Wildman–Crippen LogP) is 22.3. The number of ether oxygens (including phenoxy) is 3. The molecule has 0 aromatic carbocycles. The summed E-state index contributed by atoms with van der Waals surface area (Å²) in [6.45, 7) is 5.83. The Morgan fingerprint density at radius 2 is 0.734 bits per heavy atom. The van der Waals surface area contributed by atoms with Crippen LogP contribution in [0.2, 0.25) is 0 Å². The molecule has 0 bridgehead atoms. The van der Waals surface area contributed by atoms with Crippen LogP contribution in [0, 0.1) is 0 Å². The van der Waals surface area contributed by atoms with Crippen molar-refractivity contribution in [3.63, 3.8) is 0 Å². The smallest absolute Gasteiger partial charge is 0.306 e. The van der Waals surface area contributed by atoms with Gasteiger partial charge in [-0.15, -0.1) is 0 Å². The Labute approximate surface area is 580 Å². The third kappa shape index (κ3) is 56.5. The number of amides is 1. The van der Waals surface area contributed by atoms with Gasteiger partial charge < -0.3 is 45.1 Å². The van der Waals surface area contributed by atoms with E-state index in [1.807, 2.05) is 6.08 Å². The van der Waals surface area contributed by atoms with Gasteiger partial charge in [0.2, 0.25) is 5.91 Å². The van der Waals surface area contributed by atoms with E-state index in [0.717, 1.165) is 64.2 Å². The van der Waals surface area contributed by atoms with Gasteiger partial charge >= 0.3 is 5.97 Å². The fourth-order valence-electron chi connectivity index (χ4n) is 13.0. The molecule has 1 aliphatic heterocycles. The van der Waals surface area contributed by atoms with Crippen LogP contribution in [0.15, 0.2) is 48.6 Å². The van der Waals surface area contributed by atoms with E-state index in [1.165, 1.54) is 295 Å². The highest BCUT2D eigenvalue weighted by atomic mass is 16.7. The summed E-state index contributed by atoms with van der Waals surface area (Å²) in [7, 11) is 0. The first kappa shape index (κ1) is 89.6. The number of allylic oxidation sites excluding steroid dienone is 7. The lowest BCUT2D eigenvalue weighted by atomic mass is 9.99. The molecule has 11 nitrogen and oxygen atoms in total. The van der Waals surface area contributed by atoms with Gasteiger partial charge in [-0.1, -0.05) is 365 Å². The molecule has 0 aromatic rings. The van der Waals surface area contributed by atoms with Gasteiger partial charge in [-0.3, -0.25) is 9.59 Å². The van der Waals surface area contributed by atoms with Gasteiger partial charge in [0.25, 0.3) is 0 Å². The minimum atomic E-state index is -1.61. The van der Waals surface area contributed by atoms with Gasteiger partial charge in [0.05, 0.1) is 25.4 Å². The SMILES string of the molecule is CCCCC/C=C\C/C=C\CCCCCCCCCCCCCCCCCCCC(=O)OC1C(OCC(NC(=O)C(O)CCCCCCCCCCCCCCCCCC/C=C/CCCCCCCC)C(O)/C=C/CCCCCCCCCCCC)OC(CO)C(O)C1O. The number of carbonyl (C=O) groups excluding carboxylic acids is 2. The van der Waals surface area contributed by atoms with Gasteiger partial charge in [0, 0.05) is 6.42 Å². The van der Waals surface area contributed by atoms with Gasteiger partial charge in [-0.25, -0.2) is 0 Å². The van der Waals surface area contributed by atoms with Gasteiger partial charge in [-0.2, -0.15) is 0 Å². The minimum absolute atomic E-state index is 0.127. The first-order valence-electron chi connectivity index (χ1n) is 40.9. The molecule has 552 valence electrons. The Balaban J connectivity index is 2.46. The molecule has 1 saturated heterocycles. The number of hydrogen-bond donors (Lipinski definition) is 6. The van der Waals surface area contributed by atoms with Crippen molar-refractivity contribution in [1.82, 2.24) is 5.32 Å². The number of aliphatic hydroxyl groups is 5. The maximum absolute atomic E-state index is 13.5.